The van der Waals surface area contributed by atoms with Crippen molar-refractivity contribution < 1.29 is 4.63 Å². The third kappa shape index (κ3) is 2.70. The van der Waals surface area contributed by atoms with Crippen molar-refractivity contribution in [2.75, 3.05) is 13.1 Å². The monoisotopic (exact) mass is 313 g/mol. The standard InChI is InChI=1S/C15H19N7O/c1-10-3-4-14-16-17-15(22(14)18-10)12-5-7-21(8-6-12)9-13-11(2)19-23-20-13/h3-4,12H,5-9H2,1-2H3. The number of likely N-dealkylation sites (tertiary alicyclic amines) is 1. The molecule has 0 N–H and O–H groups in total. The largest absolute Gasteiger partial charge is 0.297 e. The third-order valence-electron chi connectivity index (χ3n) is 4.49. The second-order valence-electron chi connectivity index (χ2n) is 6.15. The van der Waals surface area contributed by atoms with E-state index < -0.39 is 0 Å². The normalized spacial score (nSPS) is 17.1. The molecule has 23 heavy (non-hydrogen) atoms. The van der Waals surface area contributed by atoms with Crippen molar-refractivity contribution in [2.45, 2.75) is 39.2 Å². The first-order chi connectivity index (χ1) is 11.2. The fourth-order valence-corrected chi connectivity index (χ4v) is 3.11. The van der Waals surface area contributed by atoms with Gasteiger partial charge in [0.25, 0.3) is 0 Å². The highest BCUT2D eigenvalue weighted by molar-refractivity contribution is 5.36. The van der Waals surface area contributed by atoms with Crippen LogP contribution in [0.3, 0.4) is 0 Å². The highest BCUT2D eigenvalue weighted by atomic mass is 16.6. The van der Waals surface area contributed by atoms with Gasteiger partial charge < -0.3 is 0 Å². The molecular weight excluding hydrogens is 294 g/mol. The molecule has 120 valence electrons. The molecule has 0 aromatic carbocycles. The molecule has 4 rings (SSSR count). The lowest BCUT2D eigenvalue weighted by molar-refractivity contribution is 0.194. The molecule has 1 aliphatic rings. The van der Waals surface area contributed by atoms with E-state index in [-0.39, 0.29) is 0 Å². The van der Waals surface area contributed by atoms with Gasteiger partial charge >= 0.3 is 0 Å². The van der Waals surface area contributed by atoms with Crippen LogP contribution in [0.1, 0.15) is 41.7 Å². The van der Waals surface area contributed by atoms with E-state index in [1.54, 1.807) is 0 Å². The van der Waals surface area contributed by atoms with Crippen molar-refractivity contribution >= 4 is 5.65 Å². The summed E-state index contributed by atoms with van der Waals surface area (Å²) >= 11 is 0. The topological polar surface area (TPSA) is 85.2 Å². The Balaban J connectivity index is 1.46. The van der Waals surface area contributed by atoms with Crippen LogP contribution in [0.15, 0.2) is 16.8 Å². The van der Waals surface area contributed by atoms with Crippen molar-refractivity contribution in [3.63, 3.8) is 0 Å². The van der Waals surface area contributed by atoms with Crippen LogP contribution in [0, 0.1) is 13.8 Å². The van der Waals surface area contributed by atoms with Crippen molar-refractivity contribution in [3.05, 3.63) is 35.0 Å². The lowest BCUT2D eigenvalue weighted by atomic mass is 9.96. The Morgan fingerprint density at radius 2 is 1.96 bits per heavy atom. The van der Waals surface area contributed by atoms with Gasteiger partial charge in [0, 0.05) is 12.5 Å². The van der Waals surface area contributed by atoms with Crippen LogP contribution in [-0.4, -0.2) is 48.1 Å². The molecule has 1 fully saturated rings. The minimum atomic E-state index is 0.395. The zero-order valence-electron chi connectivity index (χ0n) is 13.3. The number of hydrogen-bond donors (Lipinski definition) is 0. The molecule has 0 atom stereocenters. The maximum atomic E-state index is 4.77. The predicted molar refractivity (Wildman–Crippen MR) is 81.8 cm³/mol. The van der Waals surface area contributed by atoms with Crippen LogP contribution in [0.5, 0.6) is 0 Å². The SMILES string of the molecule is Cc1ccc2nnc(C3CCN(Cc4nonc4C)CC3)n2n1. The first-order valence-electron chi connectivity index (χ1n) is 7.90. The van der Waals surface area contributed by atoms with E-state index in [1.165, 1.54) is 0 Å². The summed E-state index contributed by atoms with van der Waals surface area (Å²) in [7, 11) is 0. The van der Waals surface area contributed by atoms with Gasteiger partial charge in [0.1, 0.15) is 11.4 Å². The van der Waals surface area contributed by atoms with Gasteiger partial charge in [-0.15, -0.1) is 10.2 Å². The summed E-state index contributed by atoms with van der Waals surface area (Å²) in [6, 6.07) is 3.93. The minimum Gasteiger partial charge on any atom is -0.297 e. The Hall–Kier alpha value is -2.35. The summed E-state index contributed by atoms with van der Waals surface area (Å²) in [4.78, 5) is 2.38. The Labute approximate surface area is 133 Å². The highest BCUT2D eigenvalue weighted by Crippen LogP contribution is 2.27. The number of fused-ring (bicyclic) bond motifs is 1. The summed E-state index contributed by atoms with van der Waals surface area (Å²) in [6.45, 7) is 6.70. The number of hydrogen-bond acceptors (Lipinski definition) is 7. The molecule has 3 aromatic rings. The van der Waals surface area contributed by atoms with E-state index in [0.29, 0.717) is 5.92 Å². The van der Waals surface area contributed by atoms with E-state index in [4.69, 9.17) is 4.63 Å². The Morgan fingerprint density at radius 1 is 1.13 bits per heavy atom. The van der Waals surface area contributed by atoms with Gasteiger partial charge in [0.15, 0.2) is 11.5 Å². The number of piperidine rings is 1. The predicted octanol–water partition coefficient (Wildman–Crippen LogP) is 1.50. The Bertz CT molecular complexity index is 816. The molecule has 0 radical (unpaired) electrons. The van der Waals surface area contributed by atoms with E-state index in [1.807, 2.05) is 30.5 Å². The molecule has 3 aromatic heterocycles. The Morgan fingerprint density at radius 3 is 2.70 bits per heavy atom. The Kier molecular flexibility index (Phi) is 3.53. The molecule has 1 aliphatic heterocycles. The van der Waals surface area contributed by atoms with Crippen molar-refractivity contribution in [1.82, 2.24) is 35.0 Å². The minimum absolute atomic E-state index is 0.395. The van der Waals surface area contributed by atoms with Crippen LogP contribution < -0.4 is 0 Å². The lowest BCUT2D eigenvalue weighted by Crippen LogP contribution is -2.33. The zero-order chi connectivity index (χ0) is 15.8. The molecule has 0 saturated carbocycles. The summed E-state index contributed by atoms with van der Waals surface area (Å²) in [5.41, 5.74) is 3.59. The zero-order valence-corrected chi connectivity index (χ0v) is 13.3. The number of rotatable bonds is 3. The molecule has 8 heteroatoms. The van der Waals surface area contributed by atoms with Gasteiger partial charge in [-0.25, -0.2) is 4.63 Å². The molecule has 0 aliphatic carbocycles. The van der Waals surface area contributed by atoms with Gasteiger partial charge in [0.2, 0.25) is 0 Å². The van der Waals surface area contributed by atoms with Crippen molar-refractivity contribution in [3.8, 4) is 0 Å². The summed E-state index contributed by atoms with van der Waals surface area (Å²) in [6.07, 6.45) is 2.08. The summed E-state index contributed by atoms with van der Waals surface area (Å²) < 4.78 is 6.66. The fourth-order valence-electron chi connectivity index (χ4n) is 3.11. The summed E-state index contributed by atoms with van der Waals surface area (Å²) in [5, 5.41) is 21.0. The van der Waals surface area contributed by atoms with Gasteiger partial charge in [0.05, 0.1) is 5.69 Å². The molecule has 0 unspecified atom stereocenters. The lowest BCUT2D eigenvalue weighted by Gasteiger charge is -2.30. The van der Waals surface area contributed by atoms with Crippen LogP contribution in [0.2, 0.25) is 0 Å². The van der Waals surface area contributed by atoms with Crippen LogP contribution in [0.4, 0.5) is 0 Å². The average Bonchev–Trinajstić information content (AvgIpc) is 3.15. The van der Waals surface area contributed by atoms with Crippen molar-refractivity contribution in [1.29, 1.82) is 0 Å². The number of nitrogens with zero attached hydrogens (tertiary/aromatic N) is 7. The summed E-state index contributed by atoms with van der Waals surface area (Å²) in [5.74, 6) is 1.37. The van der Waals surface area contributed by atoms with Gasteiger partial charge in [-0.2, -0.15) is 9.61 Å². The molecule has 1 saturated heterocycles. The van der Waals surface area contributed by atoms with E-state index in [2.05, 4.69) is 30.5 Å². The number of aryl methyl sites for hydroxylation is 2. The second-order valence-corrected chi connectivity index (χ2v) is 6.15. The van der Waals surface area contributed by atoms with E-state index in [0.717, 1.165) is 61.0 Å². The fraction of sp³-hybridized carbons (Fsp3) is 0.533. The quantitative estimate of drug-likeness (QED) is 0.724. The maximum Gasteiger partial charge on any atom is 0.177 e. The molecule has 8 nitrogen and oxygen atoms in total. The van der Waals surface area contributed by atoms with Gasteiger partial charge in [-0.1, -0.05) is 10.3 Å². The molecule has 0 amide bonds. The first kappa shape index (κ1) is 14.3. The van der Waals surface area contributed by atoms with Crippen molar-refractivity contribution in [2.24, 2.45) is 0 Å². The first-order valence-corrected chi connectivity index (χ1v) is 7.90. The molecule has 0 spiro atoms. The van der Waals surface area contributed by atoms with Crippen LogP contribution >= 0.6 is 0 Å². The third-order valence-corrected chi connectivity index (χ3v) is 4.49. The van der Waals surface area contributed by atoms with E-state index in [9.17, 15) is 0 Å². The molecular formula is C15H19N7O. The molecule has 0 bridgehead atoms. The van der Waals surface area contributed by atoms with Gasteiger partial charge in [-0.05, 0) is 51.9 Å². The number of aromatic nitrogens is 6. The average molecular weight is 313 g/mol. The molecule has 4 heterocycles. The highest BCUT2D eigenvalue weighted by Gasteiger charge is 2.26. The second kappa shape index (κ2) is 5.69. The van der Waals surface area contributed by atoms with Crippen LogP contribution in [-0.2, 0) is 6.54 Å². The van der Waals surface area contributed by atoms with Gasteiger partial charge in [-0.3, -0.25) is 4.90 Å². The maximum absolute atomic E-state index is 4.77. The van der Waals surface area contributed by atoms with Crippen LogP contribution in [0.25, 0.3) is 5.65 Å². The van der Waals surface area contributed by atoms with E-state index >= 15 is 0 Å². The smallest absolute Gasteiger partial charge is 0.177 e.